The molecular weight excluding hydrogens is 534 g/mol. The standard InChI is InChI=1S/C23H20Cl4N6S/c1-13-21(14(2)33(30-13)11-16-5-8-18(25)9-19(16)26)28-23(34)29-22-20(27)12-32(31-22)10-15-3-6-17(24)7-4-15/h3-9,12H,10-11H2,1-2H3,(H2,28,29,31,34). The first kappa shape index (κ1) is 24.8. The number of benzene rings is 2. The molecule has 34 heavy (non-hydrogen) atoms. The van der Waals surface area contributed by atoms with Gasteiger partial charge in [-0.3, -0.25) is 9.36 Å². The molecule has 0 spiro atoms. The third-order valence-corrected chi connectivity index (χ3v) is 6.48. The van der Waals surface area contributed by atoms with Gasteiger partial charge in [-0.25, -0.2) is 0 Å². The van der Waals surface area contributed by atoms with E-state index in [0.29, 0.717) is 44.1 Å². The van der Waals surface area contributed by atoms with Crippen molar-refractivity contribution < 1.29 is 0 Å². The van der Waals surface area contributed by atoms with Gasteiger partial charge in [0.15, 0.2) is 10.9 Å². The highest BCUT2D eigenvalue weighted by atomic mass is 35.5. The van der Waals surface area contributed by atoms with Crippen LogP contribution < -0.4 is 10.6 Å². The average molecular weight is 554 g/mol. The molecule has 11 heteroatoms. The van der Waals surface area contributed by atoms with Crippen LogP contribution in [0.4, 0.5) is 11.5 Å². The van der Waals surface area contributed by atoms with Gasteiger partial charge in [0, 0.05) is 21.3 Å². The summed E-state index contributed by atoms with van der Waals surface area (Å²) in [6, 6.07) is 13.0. The fourth-order valence-corrected chi connectivity index (χ4v) is 4.43. The Hall–Kier alpha value is -2.29. The van der Waals surface area contributed by atoms with E-state index in [1.807, 2.05) is 54.9 Å². The third-order valence-electron chi connectivity index (χ3n) is 5.16. The zero-order valence-corrected chi connectivity index (χ0v) is 22.1. The minimum Gasteiger partial charge on any atom is -0.329 e. The maximum absolute atomic E-state index is 6.37. The highest BCUT2D eigenvalue weighted by molar-refractivity contribution is 7.80. The van der Waals surface area contributed by atoms with Crippen molar-refractivity contribution in [1.82, 2.24) is 19.6 Å². The first-order valence-corrected chi connectivity index (χ1v) is 12.1. The molecule has 2 aromatic carbocycles. The maximum atomic E-state index is 6.37. The minimum absolute atomic E-state index is 0.355. The molecule has 0 unspecified atom stereocenters. The normalized spacial score (nSPS) is 11.0. The number of rotatable bonds is 6. The van der Waals surface area contributed by atoms with Crippen molar-refractivity contribution in [1.29, 1.82) is 0 Å². The average Bonchev–Trinajstić information content (AvgIpc) is 3.24. The largest absolute Gasteiger partial charge is 0.329 e. The minimum atomic E-state index is 0.355. The summed E-state index contributed by atoms with van der Waals surface area (Å²) in [5.41, 5.74) is 4.48. The highest BCUT2D eigenvalue weighted by Crippen LogP contribution is 2.26. The van der Waals surface area contributed by atoms with Crippen molar-refractivity contribution in [2.75, 3.05) is 10.6 Å². The van der Waals surface area contributed by atoms with E-state index in [1.165, 1.54) is 0 Å². The maximum Gasteiger partial charge on any atom is 0.176 e. The van der Waals surface area contributed by atoms with Crippen LogP contribution in [0.2, 0.25) is 20.1 Å². The zero-order valence-electron chi connectivity index (χ0n) is 18.2. The number of anilines is 2. The van der Waals surface area contributed by atoms with Crippen LogP contribution in [0, 0.1) is 13.8 Å². The lowest BCUT2D eigenvalue weighted by Gasteiger charge is -2.11. The molecule has 0 aliphatic heterocycles. The molecule has 0 amide bonds. The van der Waals surface area contributed by atoms with E-state index >= 15 is 0 Å². The van der Waals surface area contributed by atoms with Gasteiger partial charge in [0.05, 0.1) is 30.2 Å². The number of nitrogens with one attached hydrogen (secondary N) is 2. The summed E-state index contributed by atoms with van der Waals surface area (Å²) >= 11 is 30.2. The molecule has 176 valence electrons. The van der Waals surface area contributed by atoms with Crippen molar-refractivity contribution in [3.63, 3.8) is 0 Å². The zero-order chi connectivity index (χ0) is 24.4. The Morgan fingerprint density at radius 1 is 0.882 bits per heavy atom. The van der Waals surface area contributed by atoms with Gasteiger partial charge < -0.3 is 10.6 Å². The Balaban J connectivity index is 1.44. The Labute approximate surface area is 222 Å². The van der Waals surface area contributed by atoms with Crippen LogP contribution in [0.15, 0.2) is 48.7 Å². The lowest BCUT2D eigenvalue weighted by molar-refractivity contribution is 0.659. The van der Waals surface area contributed by atoms with E-state index in [0.717, 1.165) is 28.2 Å². The molecule has 2 N–H and O–H groups in total. The first-order valence-electron chi connectivity index (χ1n) is 10.2. The molecule has 0 bridgehead atoms. The molecule has 0 aliphatic rings. The summed E-state index contributed by atoms with van der Waals surface area (Å²) in [5.74, 6) is 0.462. The lowest BCUT2D eigenvalue weighted by Crippen LogP contribution is -2.20. The summed E-state index contributed by atoms with van der Waals surface area (Å²) in [4.78, 5) is 0. The lowest BCUT2D eigenvalue weighted by atomic mass is 10.2. The van der Waals surface area contributed by atoms with Crippen LogP contribution in [-0.4, -0.2) is 24.7 Å². The third kappa shape index (κ3) is 5.85. The molecule has 0 aliphatic carbocycles. The molecular formula is C23H20Cl4N6S. The molecule has 2 aromatic heterocycles. The Morgan fingerprint density at radius 3 is 2.29 bits per heavy atom. The van der Waals surface area contributed by atoms with Crippen LogP contribution >= 0.6 is 58.6 Å². The van der Waals surface area contributed by atoms with Gasteiger partial charge in [-0.05, 0) is 61.5 Å². The number of halogens is 4. The molecule has 0 fully saturated rings. The molecule has 0 atom stereocenters. The quantitative estimate of drug-likeness (QED) is 0.247. The van der Waals surface area contributed by atoms with E-state index < -0.39 is 0 Å². The monoisotopic (exact) mass is 552 g/mol. The topological polar surface area (TPSA) is 59.7 Å². The summed E-state index contributed by atoms with van der Waals surface area (Å²) in [6.45, 7) is 4.93. The van der Waals surface area contributed by atoms with Crippen LogP contribution in [0.3, 0.4) is 0 Å². The molecule has 4 aromatic rings. The molecule has 4 rings (SSSR count). The van der Waals surface area contributed by atoms with Gasteiger partial charge in [-0.2, -0.15) is 10.2 Å². The summed E-state index contributed by atoms with van der Waals surface area (Å²) in [7, 11) is 0. The van der Waals surface area contributed by atoms with Crippen molar-refractivity contribution in [3.05, 3.63) is 91.3 Å². The first-order chi connectivity index (χ1) is 16.2. The Morgan fingerprint density at radius 2 is 1.59 bits per heavy atom. The SMILES string of the molecule is Cc1nn(Cc2ccc(Cl)cc2Cl)c(C)c1NC(=S)Nc1nn(Cc2ccc(Cl)cc2)cc1Cl. The molecule has 2 heterocycles. The summed E-state index contributed by atoms with van der Waals surface area (Å²) < 4.78 is 3.60. The van der Waals surface area contributed by atoms with E-state index in [2.05, 4.69) is 20.8 Å². The van der Waals surface area contributed by atoms with Crippen molar-refractivity contribution in [3.8, 4) is 0 Å². The molecule has 0 saturated heterocycles. The molecule has 6 nitrogen and oxygen atoms in total. The summed E-state index contributed by atoms with van der Waals surface area (Å²) in [6.07, 6.45) is 1.74. The van der Waals surface area contributed by atoms with E-state index in [1.54, 1.807) is 16.9 Å². The van der Waals surface area contributed by atoms with E-state index in [-0.39, 0.29) is 0 Å². The second-order valence-corrected chi connectivity index (χ2v) is 9.76. The van der Waals surface area contributed by atoms with Gasteiger partial charge in [-0.1, -0.05) is 64.6 Å². The summed E-state index contributed by atoms with van der Waals surface area (Å²) in [5, 5.41) is 18.1. The van der Waals surface area contributed by atoms with Gasteiger partial charge in [0.2, 0.25) is 0 Å². The van der Waals surface area contributed by atoms with Crippen LogP contribution in [0.5, 0.6) is 0 Å². The smallest absolute Gasteiger partial charge is 0.176 e. The van der Waals surface area contributed by atoms with E-state index in [4.69, 9.17) is 58.6 Å². The predicted octanol–water partition coefficient (Wildman–Crippen LogP) is 7.22. The number of thiocarbonyl (C=S) groups is 1. The molecule has 0 saturated carbocycles. The fourth-order valence-electron chi connectivity index (χ4n) is 3.43. The van der Waals surface area contributed by atoms with Gasteiger partial charge in [-0.15, -0.1) is 0 Å². The Bertz CT molecular complexity index is 1350. The number of hydrogen-bond donors (Lipinski definition) is 2. The van der Waals surface area contributed by atoms with Gasteiger partial charge in [0.1, 0.15) is 5.02 Å². The number of nitrogens with zero attached hydrogens (tertiary/aromatic N) is 4. The van der Waals surface area contributed by atoms with E-state index in [9.17, 15) is 0 Å². The van der Waals surface area contributed by atoms with Crippen LogP contribution in [-0.2, 0) is 13.1 Å². The second-order valence-electron chi connectivity index (χ2n) is 7.67. The van der Waals surface area contributed by atoms with Crippen LogP contribution in [0.25, 0.3) is 0 Å². The number of aryl methyl sites for hydroxylation is 1. The molecule has 0 radical (unpaired) electrons. The predicted molar refractivity (Wildman–Crippen MR) is 145 cm³/mol. The fraction of sp³-hybridized carbons (Fsp3) is 0.174. The number of hydrogen-bond acceptors (Lipinski definition) is 3. The van der Waals surface area contributed by atoms with Gasteiger partial charge in [0.25, 0.3) is 0 Å². The Kier molecular flexibility index (Phi) is 7.70. The second kappa shape index (κ2) is 10.5. The van der Waals surface area contributed by atoms with Gasteiger partial charge >= 0.3 is 0 Å². The van der Waals surface area contributed by atoms with Crippen molar-refractivity contribution in [2.24, 2.45) is 0 Å². The van der Waals surface area contributed by atoms with Crippen LogP contribution in [0.1, 0.15) is 22.5 Å². The van der Waals surface area contributed by atoms with Crippen molar-refractivity contribution in [2.45, 2.75) is 26.9 Å². The highest BCUT2D eigenvalue weighted by Gasteiger charge is 2.16. The van der Waals surface area contributed by atoms with Crippen molar-refractivity contribution >= 4 is 75.2 Å². The number of aromatic nitrogens is 4.